The quantitative estimate of drug-likeness (QED) is 0.401. The van der Waals surface area contributed by atoms with Crippen LogP contribution in [0.25, 0.3) is 0 Å². The van der Waals surface area contributed by atoms with Crippen LogP contribution in [0.1, 0.15) is 70.4 Å². The highest BCUT2D eigenvalue weighted by molar-refractivity contribution is 5.93. The number of carbonyl (C=O) groups excluding carboxylic acids is 2. The number of hydrogen-bond donors (Lipinski definition) is 1. The third kappa shape index (κ3) is 6.04. The van der Waals surface area contributed by atoms with Crippen LogP contribution in [0.5, 0.6) is 0 Å². The first-order valence-electron chi connectivity index (χ1n) is 11.1. The van der Waals surface area contributed by atoms with Crippen LogP contribution >= 0.6 is 0 Å². The molecule has 2 rings (SSSR count). The molecule has 3 unspecified atom stereocenters. The fourth-order valence-corrected chi connectivity index (χ4v) is 4.01. The number of carbonyl (C=O) groups is 2. The molecule has 32 heavy (non-hydrogen) atoms. The fourth-order valence-electron chi connectivity index (χ4n) is 4.01. The van der Waals surface area contributed by atoms with Crippen molar-refractivity contribution >= 4 is 11.9 Å². The number of unbranched alkanes of at least 4 members (excludes halogenated alkanes) is 2. The van der Waals surface area contributed by atoms with Gasteiger partial charge in [-0.1, -0.05) is 44.9 Å². The third-order valence-electron chi connectivity index (χ3n) is 5.62. The summed E-state index contributed by atoms with van der Waals surface area (Å²) in [6, 6.07) is 4.52. The van der Waals surface area contributed by atoms with Crippen molar-refractivity contribution in [3.8, 4) is 0 Å². The minimum Gasteiger partial charge on any atom is -0.465 e. The Bertz CT molecular complexity index is 835. The van der Waals surface area contributed by atoms with Gasteiger partial charge in [-0.15, -0.1) is 0 Å². The highest BCUT2D eigenvalue weighted by atomic mass is 19.4. The van der Waals surface area contributed by atoms with E-state index in [1.54, 1.807) is 13.8 Å². The largest absolute Gasteiger partial charge is 0.465 e. The second-order valence-electron chi connectivity index (χ2n) is 8.07. The molecule has 0 spiro atoms. The van der Waals surface area contributed by atoms with E-state index in [1.807, 2.05) is 13.8 Å². The number of hydrogen-bond acceptors (Lipinski definition) is 5. The number of ether oxygens (including phenoxy) is 2. The van der Waals surface area contributed by atoms with Gasteiger partial charge in [0.2, 0.25) is 0 Å². The second-order valence-corrected chi connectivity index (χ2v) is 8.07. The van der Waals surface area contributed by atoms with Crippen LogP contribution in [0.15, 0.2) is 35.5 Å². The Morgan fingerprint density at radius 2 is 1.62 bits per heavy atom. The summed E-state index contributed by atoms with van der Waals surface area (Å²) in [5.41, 5.74) is -0.573. The van der Waals surface area contributed by atoms with E-state index in [-0.39, 0.29) is 24.4 Å². The number of alkyl halides is 3. The fraction of sp³-hybridized carbons (Fsp3) is 0.583. The SMILES string of the molecule is CCCCOC(=O)C1=C(C)NC(C)C(C(=O)OCCCC)C1c1ccccc1C(F)(F)F. The smallest absolute Gasteiger partial charge is 0.416 e. The summed E-state index contributed by atoms with van der Waals surface area (Å²) in [7, 11) is 0. The molecule has 0 aliphatic carbocycles. The molecule has 0 amide bonds. The van der Waals surface area contributed by atoms with E-state index >= 15 is 0 Å². The van der Waals surface area contributed by atoms with Crippen LogP contribution in [0.3, 0.4) is 0 Å². The highest BCUT2D eigenvalue weighted by Gasteiger charge is 2.47. The number of esters is 2. The van der Waals surface area contributed by atoms with Crippen molar-refractivity contribution in [3.05, 3.63) is 46.7 Å². The maximum atomic E-state index is 13.9. The van der Waals surface area contributed by atoms with Gasteiger partial charge in [0, 0.05) is 17.7 Å². The Kier molecular flexibility index (Phi) is 9.16. The molecule has 5 nitrogen and oxygen atoms in total. The monoisotopic (exact) mass is 455 g/mol. The Labute approximate surface area is 187 Å². The lowest BCUT2D eigenvalue weighted by molar-refractivity contribution is -0.152. The topological polar surface area (TPSA) is 64.6 Å². The van der Waals surface area contributed by atoms with Crippen molar-refractivity contribution < 1.29 is 32.2 Å². The molecule has 1 heterocycles. The Morgan fingerprint density at radius 1 is 1.03 bits per heavy atom. The lowest BCUT2D eigenvalue weighted by atomic mass is 9.72. The summed E-state index contributed by atoms with van der Waals surface area (Å²) < 4.78 is 52.4. The van der Waals surface area contributed by atoms with Crippen molar-refractivity contribution in [2.75, 3.05) is 13.2 Å². The zero-order chi connectivity index (χ0) is 23.9. The lowest BCUT2D eigenvalue weighted by Gasteiger charge is -2.39. The van der Waals surface area contributed by atoms with Crippen LogP contribution in [0, 0.1) is 5.92 Å². The molecule has 1 aliphatic rings. The van der Waals surface area contributed by atoms with Gasteiger partial charge in [0.25, 0.3) is 0 Å². The summed E-state index contributed by atoms with van der Waals surface area (Å²) in [4.78, 5) is 26.1. The molecular weight excluding hydrogens is 423 g/mol. The van der Waals surface area contributed by atoms with Crippen LogP contribution in [0.4, 0.5) is 13.2 Å². The zero-order valence-electron chi connectivity index (χ0n) is 19.1. The summed E-state index contributed by atoms with van der Waals surface area (Å²) in [5, 5.41) is 3.08. The lowest BCUT2D eigenvalue weighted by Crippen LogP contribution is -2.48. The van der Waals surface area contributed by atoms with Gasteiger partial charge >= 0.3 is 18.1 Å². The average Bonchev–Trinajstić information content (AvgIpc) is 2.72. The molecule has 0 saturated carbocycles. The molecule has 0 fully saturated rings. The molecule has 8 heteroatoms. The number of rotatable bonds is 9. The van der Waals surface area contributed by atoms with E-state index in [4.69, 9.17) is 9.47 Å². The van der Waals surface area contributed by atoms with Crippen molar-refractivity contribution in [1.29, 1.82) is 0 Å². The molecule has 3 atom stereocenters. The summed E-state index contributed by atoms with van der Waals surface area (Å²) in [6.07, 6.45) is -1.76. The highest BCUT2D eigenvalue weighted by Crippen LogP contribution is 2.45. The zero-order valence-corrected chi connectivity index (χ0v) is 19.1. The van der Waals surface area contributed by atoms with E-state index in [1.165, 1.54) is 18.2 Å². The molecule has 1 N–H and O–H groups in total. The number of allylic oxidation sites excluding steroid dienone is 1. The molecule has 178 valence electrons. The standard InChI is InChI=1S/C24H32F3NO4/c1-5-7-13-31-22(29)19-15(3)28-16(4)20(23(30)32-14-8-6-2)21(19)17-11-9-10-12-18(17)24(25,26)27/h9-12,15,19,21,28H,5-8,13-14H2,1-4H3. The Hall–Kier alpha value is -2.51. The number of benzene rings is 1. The van der Waals surface area contributed by atoms with E-state index in [0.29, 0.717) is 18.5 Å². The Morgan fingerprint density at radius 3 is 2.22 bits per heavy atom. The Balaban J connectivity index is 2.60. The van der Waals surface area contributed by atoms with Crippen LogP contribution in [-0.4, -0.2) is 31.2 Å². The molecular formula is C24H32F3NO4. The minimum absolute atomic E-state index is 0.0355. The summed E-state index contributed by atoms with van der Waals surface area (Å²) in [5.74, 6) is -3.52. The molecule has 0 bridgehead atoms. The van der Waals surface area contributed by atoms with E-state index in [0.717, 1.165) is 18.9 Å². The average molecular weight is 456 g/mol. The van der Waals surface area contributed by atoms with Crippen molar-refractivity contribution in [1.82, 2.24) is 5.32 Å². The minimum atomic E-state index is -4.65. The van der Waals surface area contributed by atoms with Crippen LogP contribution in [0.2, 0.25) is 0 Å². The van der Waals surface area contributed by atoms with Gasteiger partial charge in [0.05, 0.1) is 30.3 Å². The van der Waals surface area contributed by atoms with E-state index in [9.17, 15) is 22.8 Å². The van der Waals surface area contributed by atoms with Gasteiger partial charge in [-0.2, -0.15) is 13.2 Å². The first kappa shape index (κ1) is 25.7. The molecule has 1 aliphatic heterocycles. The maximum absolute atomic E-state index is 13.9. The summed E-state index contributed by atoms with van der Waals surface area (Å²) >= 11 is 0. The van der Waals surface area contributed by atoms with Gasteiger partial charge in [-0.3, -0.25) is 4.79 Å². The maximum Gasteiger partial charge on any atom is 0.416 e. The second kappa shape index (κ2) is 11.4. The third-order valence-corrected chi connectivity index (χ3v) is 5.62. The molecule has 0 radical (unpaired) electrons. The first-order valence-corrected chi connectivity index (χ1v) is 11.1. The van der Waals surface area contributed by atoms with Gasteiger partial charge < -0.3 is 14.8 Å². The molecule has 1 aromatic rings. The van der Waals surface area contributed by atoms with E-state index < -0.39 is 41.6 Å². The first-order chi connectivity index (χ1) is 15.1. The van der Waals surface area contributed by atoms with Gasteiger partial charge in [-0.05, 0) is 38.3 Å². The van der Waals surface area contributed by atoms with Gasteiger partial charge in [0.15, 0.2) is 0 Å². The van der Waals surface area contributed by atoms with Crippen molar-refractivity contribution in [2.45, 2.75) is 71.5 Å². The van der Waals surface area contributed by atoms with E-state index in [2.05, 4.69) is 5.32 Å². The van der Waals surface area contributed by atoms with Crippen molar-refractivity contribution in [3.63, 3.8) is 0 Å². The number of nitrogens with one attached hydrogen (secondary N) is 1. The molecule has 1 aromatic carbocycles. The van der Waals surface area contributed by atoms with Crippen molar-refractivity contribution in [2.24, 2.45) is 5.92 Å². The van der Waals surface area contributed by atoms with Crippen LogP contribution in [-0.2, 0) is 25.2 Å². The van der Waals surface area contributed by atoms with Crippen LogP contribution < -0.4 is 5.32 Å². The predicted octanol–water partition coefficient (Wildman–Crippen LogP) is 5.36. The van der Waals surface area contributed by atoms with Gasteiger partial charge in [0.1, 0.15) is 0 Å². The summed E-state index contributed by atoms with van der Waals surface area (Å²) in [6.45, 7) is 7.53. The molecule has 0 saturated heterocycles. The number of halogens is 3. The predicted molar refractivity (Wildman–Crippen MR) is 115 cm³/mol. The van der Waals surface area contributed by atoms with Gasteiger partial charge in [-0.25, -0.2) is 4.79 Å². The normalized spacial score (nSPS) is 21.2. The molecule has 0 aromatic heterocycles.